The van der Waals surface area contributed by atoms with Crippen LogP contribution in [0.15, 0.2) is 51.5 Å². The maximum absolute atomic E-state index is 13.0. The molecular weight excluding hydrogens is 330 g/mol. The van der Waals surface area contributed by atoms with Crippen molar-refractivity contribution in [1.82, 2.24) is 15.2 Å². The molecule has 0 aliphatic carbocycles. The predicted octanol–water partition coefficient (Wildman–Crippen LogP) is 4.43. The van der Waals surface area contributed by atoms with Gasteiger partial charge in [-0.2, -0.15) is 0 Å². The number of hydrogen-bond acceptors (Lipinski definition) is 5. The van der Waals surface area contributed by atoms with E-state index in [1.54, 1.807) is 11.0 Å². The van der Waals surface area contributed by atoms with Crippen molar-refractivity contribution in [3.63, 3.8) is 0 Å². The molecule has 0 bridgehead atoms. The molecule has 1 fully saturated rings. The van der Waals surface area contributed by atoms with Gasteiger partial charge in [-0.05, 0) is 18.8 Å². The van der Waals surface area contributed by atoms with Gasteiger partial charge in [-0.25, -0.2) is 0 Å². The molecule has 0 radical (unpaired) electrons. The van der Waals surface area contributed by atoms with Gasteiger partial charge in [-0.1, -0.05) is 54.5 Å². The molecule has 0 saturated carbocycles. The summed E-state index contributed by atoms with van der Waals surface area (Å²) < 4.78 is 10.9. The molecule has 134 valence electrons. The second kappa shape index (κ2) is 6.78. The molecule has 1 amide bonds. The zero-order valence-corrected chi connectivity index (χ0v) is 14.9. The van der Waals surface area contributed by atoms with E-state index in [-0.39, 0.29) is 11.9 Å². The van der Waals surface area contributed by atoms with Crippen LogP contribution in [0, 0.1) is 0 Å². The molecule has 3 aromatic rings. The minimum Gasteiger partial charge on any atom is -0.359 e. The molecule has 6 heteroatoms. The van der Waals surface area contributed by atoms with Crippen LogP contribution in [0.3, 0.4) is 0 Å². The Morgan fingerprint density at radius 1 is 1.15 bits per heavy atom. The van der Waals surface area contributed by atoms with E-state index < -0.39 is 0 Å². The Morgan fingerprint density at radius 3 is 2.69 bits per heavy atom. The Balaban J connectivity index is 1.56. The summed E-state index contributed by atoms with van der Waals surface area (Å²) in [6.45, 7) is 4.81. The number of hydrogen-bond donors (Lipinski definition) is 0. The molecule has 4 rings (SSSR count). The third-order valence-electron chi connectivity index (χ3n) is 4.77. The van der Waals surface area contributed by atoms with Crippen molar-refractivity contribution in [2.75, 3.05) is 6.54 Å². The molecule has 3 heterocycles. The highest BCUT2D eigenvalue weighted by Crippen LogP contribution is 2.34. The molecule has 0 spiro atoms. The van der Waals surface area contributed by atoms with Crippen LogP contribution in [0.25, 0.3) is 11.3 Å². The molecule has 6 nitrogen and oxygen atoms in total. The minimum atomic E-state index is -0.138. The third-order valence-corrected chi connectivity index (χ3v) is 4.77. The third kappa shape index (κ3) is 3.03. The lowest BCUT2D eigenvalue weighted by molar-refractivity contribution is 0.0704. The Morgan fingerprint density at radius 2 is 1.96 bits per heavy atom. The summed E-state index contributed by atoms with van der Waals surface area (Å²) in [6.07, 6.45) is 1.79. The fourth-order valence-electron chi connectivity index (χ4n) is 3.30. The van der Waals surface area contributed by atoms with Crippen molar-refractivity contribution >= 4 is 5.91 Å². The number of carbonyl (C=O) groups excluding carboxylic acids is 1. The molecule has 0 N–H and O–H groups in total. The fraction of sp³-hybridized carbons (Fsp3) is 0.350. The molecule has 1 aliphatic heterocycles. The number of amides is 1. The number of carbonyl (C=O) groups is 1. The van der Waals surface area contributed by atoms with E-state index >= 15 is 0 Å². The van der Waals surface area contributed by atoms with E-state index in [2.05, 4.69) is 24.2 Å². The maximum Gasteiger partial charge on any atom is 0.276 e. The minimum absolute atomic E-state index is 0.0978. The van der Waals surface area contributed by atoms with Crippen LogP contribution >= 0.6 is 0 Å². The Hall–Kier alpha value is -2.89. The van der Waals surface area contributed by atoms with Gasteiger partial charge in [0.2, 0.25) is 0 Å². The topological polar surface area (TPSA) is 72.4 Å². The first-order valence-corrected chi connectivity index (χ1v) is 8.93. The lowest BCUT2D eigenvalue weighted by Crippen LogP contribution is -2.30. The van der Waals surface area contributed by atoms with Gasteiger partial charge >= 0.3 is 0 Å². The highest BCUT2D eigenvalue weighted by Gasteiger charge is 2.34. The Kier molecular flexibility index (Phi) is 4.32. The monoisotopic (exact) mass is 351 g/mol. The Bertz CT molecular complexity index is 898. The van der Waals surface area contributed by atoms with E-state index in [1.165, 1.54) is 0 Å². The van der Waals surface area contributed by atoms with Gasteiger partial charge in [0.1, 0.15) is 0 Å². The van der Waals surface area contributed by atoms with Crippen molar-refractivity contribution in [1.29, 1.82) is 0 Å². The van der Waals surface area contributed by atoms with E-state index in [0.29, 0.717) is 23.9 Å². The van der Waals surface area contributed by atoms with Crippen LogP contribution in [0.1, 0.15) is 60.6 Å². The van der Waals surface area contributed by atoms with Crippen LogP contribution in [0.5, 0.6) is 0 Å². The van der Waals surface area contributed by atoms with Gasteiger partial charge in [-0.15, -0.1) is 0 Å². The van der Waals surface area contributed by atoms with Crippen molar-refractivity contribution in [2.24, 2.45) is 0 Å². The van der Waals surface area contributed by atoms with Gasteiger partial charge < -0.3 is 13.9 Å². The molecular formula is C20H21N3O3. The van der Waals surface area contributed by atoms with Crippen LogP contribution in [-0.2, 0) is 0 Å². The fourth-order valence-corrected chi connectivity index (χ4v) is 3.30. The van der Waals surface area contributed by atoms with E-state index in [4.69, 9.17) is 9.05 Å². The van der Waals surface area contributed by atoms with Crippen molar-refractivity contribution in [3.05, 3.63) is 59.6 Å². The number of nitrogens with zero attached hydrogens (tertiary/aromatic N) is 3. The average molecular weight is 351 g/mol. The quantitative estimate of drug-likeness (QED) is 0.695. The summed E-state index contributed by atoms with van der Waals surface area (Å²) in [7, 11) is 0. The Labute approximate surface area is 151 Å². The van der Waals surface area contributed by atoms with E-state index in [1.807, 2.05) is 36.4 Å². The lowest BCUT2D eigenvalue weighted by atomic mass is 10.1. The maximum atomic E-state index is 13.0. The smallest absolute Gasteiger partial charge is 0.276 e. The van der Waals surface area contributed by atoms with Crippen LogP contribution in [0.4, 0.5) is 0 Å². The summed E-state index contributed by atoms with van der Waals surface area (Å²) in [6, 6.07) is 13.2. The molecule has 2 aromatic heterocycles. The summed E-state index contributed by atoms with van der Waals surface area (Å²) in [5.74, 6) is 1.49. The zero-order chi connectivity index (χ0) is 18.1. The van der Waals surface area contributed by atoms with Crippen LogP contribution in [0.2, 0.25) is 0 Å². The van der Waals surface area contributed by atoms with Gasteiger partial charge in [0.15, 0.2) is 17.2 Å². The molecule has 26 heavy (non-hydrogen) atoms. The number of aromatic nitrogens is 2. The average Bonchev–Trinajstić information content (AvgIpc) is 3.41. The lowest BCUT2D eigenvalue weighted by Gasteiger charge is -2.21. The first-order chi connectivity index (χ1) is 12.6. The number of likely N-dealkylation sites (tertiary alicyclic amines) is 1. The summed E-state index contributed by atoms with van der Waals surface area (Å²) in [4.78, 5) is 14.8. The standard InChI is InChI=1S/C20H21N3O3/c1-13(2)15-11-19(26-21-15)17-9-6-10-23(17)20(24)16-12-18(25-22-16)14-7-4-3-5-8-14/h3-5,7-8,11-13,17H,6,9-10H2,1-2H3/t17-/m1/s1. The molecule has 1 atom stereocenters. The summed E-state index contributed by atoms with van der Waals surface area (Å²) in [5, 5.41) is 8.11. The van der Waals surface area contributed by atoms with Crippen molar-refractivity contribution in [3.8, 4) is 11.3 Å². The first-order valence-electron chi connectivity index (χ1n) is 8.93. The number of benzene rings is 1. The molecule has 1 saturated heterocycles. The zero-order valence-electron chi connectivity index (χ0n) is 14.9. The highest BCUT2D eigenvalue weighted by atomic mass is 16.5. The van der Waals surface area contributed by atoms with Gasteiger partial charge in [-0.3, -0.25) is 4.79 Å². The van der Waals surface area contributed by atoms with E-state index in [9.17, 15) is 4.79 Å². The van der Waals surface area contributed by atoms with Gasteiger partial charge in [0.25, 0.3) is 5.91 Å². The normalized spacial score (nSPS) is 17.2. The molecule has 1 aliphatic rings. The molecule has 0 unspecified atom stereocenters. The second-order valence-electron chi connectivity index (χ2n) is 6.91. The summed E-state index contributed by atoms with van der Waals surface area (Å²) in [5.41, 5.74) is 2.13. The highest BCUT2D eigenvalue weighted by molar-refractivity contribution is 5.93. The number of rotatable bonds is 4. The van der Waals surface area contributed by atoms with Gasteiger partial charge in [0.05, 0.1) is 11.7 Å². The van der Waals surface area contributed by atoms with E-state index in [0.717, 1.165) is 29.9 Å². The predicted molar refractivity (Wildman–Crippen MR) is 95.5 cm³/mol. The SMILES string of the molecule is CC(C)c1cc([C@H]2CCCN2C(=O)c2cc(-c3ccccc3)on2)on1. The largest absolute Gasteiger partial charge is 0.359 e. The van der Waals surface area contributed by atoms with Gasteiger partial charge in [0, 0.05) is 24.2 Å². The van der Waals surface area contributed by atoms with Crippen LogP contribution < -0.4 is 0 Å². The van der Waals surface area contributed by atoms with Crippen molar-refractivity contribution in [2.45, 2.75) is 38.6 Å². The summed E-state index contributed by atoms with van der Waals surface area (Å²) >= 11 is 0. The van der Waals surface area contributed by atoms with Crippen molar-refractivity contribution < 1.29 is 13.8 Å². The molecule has 1 aromatic carbocycles. The van der Waals surface area contributed by atoms with Crippen LogP contribution in [-0.4, -0.2) is 27.7 Å². The first kappa shape index (κ1) is 16.6. The second-order valence-corrected chi connectivity index (χ2v) is 6.91.